The number of ether oxygens (including phenoxy) is 2. The van der Waals surface area contributed by atoms with Crippen molar-refractivity contribution in [2.75, 3.05) is 25.1 Å². The number of nitrogens with zero attached hydrogens (tertiary/aromatic N) is 1. The highest BCUT2D eigenvalue weighted by atomic mass is 32.1. The van der Waals surface area contributed by atoms with E-state index in [1.165, 1.54) is 6.07 Å². The Balaban J connectivity index is 1.52. The summed E-state index contributed by atoms with van der Waals surface area (Å²) in [5.41, 5.74) is 2.46. The normalized spacial score (nSPS) is 18.9. The Labute approximate surface area is 164 Å². The van der Waals surface area contributed by atoms with Gasteiger partial charge in [-0.25, -0.2) is 4.39 Å². The number of halogens is 1. The maximum absolute atomic E-state index is 13.8. The second-order valence-corrected chi connectivity index (χ2v) is 7.39. The van der Waals surface area contributed by atoms with Crippen molar-refractivity contribution in [2.45, 2.75) is 32.2 Å². The van der Waals surface area contributed by atoms with Crippen LogP contribution < -0.4 is 14.8 Å². The van der Waals surface area contributed by atoms with E-state index in [9.17, 15) is 4.39 Å². The minimum Gasteiger partial charge on any atom is -0.490 e. The van der Waals surface area contributed by atoms with Crippen molar-refractivity contribution >= 4 is 23.0 Å². The third-order valence-corrected chi connectivity index (χ3v) is 5.43. The largest absolute Gasteiger partial charge is 0.490 e. The van der Waals surface area contributed by atoms with Gasteiger partial charge in [0.2, 0.25) is 0 Å². The van der Waals surface area contributed by atoms with E-state index in [2.05, 4.69) is 22.3 Å². The molecule has 2 aromatic rings. The second kappa shape index (κ2) is 7.72. The number of benzene rings is 2. The van der Waals surface area contributed by atoms with E-state index in [-0.39, 0.29) is 11.9 Å². The lowest BCUT2D eigenvalue weighted by molar-refractivity contribution is 0.296. The molecule has 6 heteroatoms. The fraction of sp³-hybridized carbons (Fsp3) is 0.381. The van der Waals surface area contributed by atoms with Crippen molar-refractivity contribution in [1.29, 1.82) is 0 Å². The Morgan fingerprint density at radius 2 is 1.93 bits per heavy atom. The second-order valence-electron chi connectivity index (χ2n) is 7.00. The highest BCUT2D eigenvalue weighted by molar-refractivity contribution is 7.80. The van der Waals surface area contributed by atoms with Crippen LogP contribution in [0.25, 0.3) is 0 Å². The van der Waals surface area contributed by atoms with Crippen molar-refractivity contribution in [1.82, 2.24) is 4.90 Å². The molecule has 0 radical (unpaired) electrons. The minimum absolute atomic E-state index is 0.178. The number of nitrogens with one attached hydrogen (secondary N) is 1. The van der Waals surface area contributed by atoms with Crippen molar-refractivity contribution in [3.8, 4) is 11.5 Å². The molecule has 1 fully saturated rings. The van der Waals surface area contributed by atoms with Gasteiger partial charge in [0.15, 0.2) is 16.6 Å². The van der Waals surface area contributed by atoms with Crippen LogP contribution in [-0.4, -0.2) is 29.8 Å². The molecule has 1 saturated heterocycles. The Bertz CT molecular complexity index is 858. The summed E-state index contributed by atoms with van der Waals surface area (Å²) in [6.45, 7) is 3.98. The van der Waals surface area contributed by atoms with Gasteiger partial charge in [-0.3, -0.25) is 0 Å². The van der Waals surface area contributed by atoms with E-state index in [4.69, 9.17) is 21.7 Å². The molecular formula is C21H23FN2O2S. The number of aryl methyl sites for hydroxylation is 1. The van der Waals surface area contributed by atoms with Gasteiger partial charge < -0.3 is 19.7 Å². The van der Waals surface area contributed by atoms with E-state index in [0.717, 1.165) is 42.9 Å². The van der Waals surface area contributed by atoms with Crippen LogP contribution in [0.5, 0.6) is 11.5 Å². The summed E-state index contributed by atoms with van der Waals surface area (Å²) in [4.78, 5) is 2.17. The summed E-state index contributed by atoms with van der Waals surface area (Å²) >= 11 is 5.63. The lowest BCUT2D eigenvalue weighted by Gasteiger charge is -2.28. The van der Waals surface area contributed by atoms with Crippen molar-refractivity contribution in [3.05, 3.63) is 53.3 Å². The maximum atomic E-state index is 13.8. The smallest absolute Gasteiger partial charge is 0.173 e. The van der Waals surface area contributed by atoms with Gasteiger partial charge in [-0.2, -0.15) is 0 Å². The molecule has 0 saturated carbocycles. The standard InChI is InChI=1S/C21H23FN2O2S/c1-14-5-7-16(13-17(14)22)23-21(27)24-9-2-4-18(24)15-6-8-19-20(12-15)26-11-3-10-25-19/h5-8,12-13,18H,2-4,9-11H2,1H3,(H,23,27)/t18-/m1/s1. The molecule has 4 nitrogen and oxygen atoms in total. The summed E-state index contributed by atoms with van der Waals surface area (Å²) < 4.78 is 25.4. The molecule has 0 spiro atoms. The predicted octanol–water partition coefficient (Wildman–Crippen LogP) is 4.83. The molecule has 1 N–H and O–H groups in total. The van der Waals surface area contributed by atoms with Crippen LogP contribution in [0.3, 0.4) is 0 Å². The van der Waals surface area contributed by atoms with Gasteiger partial charge in [-0.1, -0.05) is 12.1 Å². The number of hydrogen-bond acceptors (Lipinski definition) is 3. The van der Waals surface area contributed by atoms with Crippen LogP contribution in [0.15, 0.2) is 36.4 Å². The average molecular weight is 386 g/mol. The Morgan fingerprint density at radius 1 is 1.11 bits per heavy atom. The summed E-state index contributed by atoms with van der Waals surface area (Å²) in [5.74, 6) is 1.37. The first kappa shape index (κ1) is 18.0. The van der Waals surface area contributed by atoms with Crippen molar-refractivity contribution < 1.29 is 13.9 Å². The molecule has 142 valence electrons. The van der Waals surface area contributed by atoms with Gasteiger partial charge in [0.05, 0.1) is 19.3 Å². The summed E-state index contributed by atoms with van der Waals surface area (Å²) in [6, 6.07) is 11.4. The van der Waals surface area contributed by atoms with Crippen LogP contribution in [0, 0.1) is 12.7 Å². The van der Waals surface area contributed by atoms with Gasteiger partial charge in [-0.05, 0) is 67.4 Å². The van der Waals surface area contributed by atoms with Gasteiger partial charge in [-0.15, -0.1) is 0 Å². The zero-order valence-electron chi connectivity index (χ0n) is 15.3. The molecule has 0 unspecified atom stereocenters. The molecule has 2 aromatic carbocycles. The lowest BCUT2D eigenvalue weighted by Crippen LogP contribution is -2.34. The monoisotopic (exact) mass is 386 g/mol. The van der Waals surface area contributed by atoms with E-state index >= 15 is 0 Å². The Hall–Kier alpha value is -2.34. The van der Waals surface area contributed by atoms with Crippen LogP contribution in [-0.2, 0) is 0 Å². The molecule has 27 heavy (non-hydrogen) atoms. The average Bonchev–Trinajstić information content (AvgIpc) is 3.04. The first-order valence-corrected chi connectivity index (χ1v) is 9.76. The first-order valence-electron chi connectivity index (χ1n) is 9.35. The fourth-order valence-corrected chi connectivity index (χ4v) is 3.95. The molecule has 2 aliphatic heterocycles. The van der Waals surface area contributed by atoms with Gasteiger partial charge in [0, 0.05) is 18.7 Å². The van der Waals surface area contributed by atoms with Crippen molar-refractivity contribution in [3.63, 3.8) is 0 Å². The number of hydrogen-bond donors (Lipinski definition) is 1. The van der Waals surface area contributed by atoms with Crippen LogP contribution in [0.2, 0.25) is 0 Å². The molecule has 0 amide bonds. The first-order chi connectivity index (χ1) is 13.1. The molecule has 2 aliphatic rings. The molecule has 1 atom stereocenters. The molecule has 4 rings (SSSR count). The lowest BCUT2D eigenvalue weighted by atomic mass is 10.0. The third-order valence-electron chi connectivity index (χ3n) is 5.09. The topological polar surface area (TPSA) is 33.7 Å². The zero-order valence-corrected chi connectivity index (χ0v) is 16.2. The molecule has 0 bridgehead atoms. The number of rotatable bonds is 2. The highest BCUT2D eigenvalue weighted by Crippen LogP contribution is 2.38. The number of anilines is 1. The van der Waals surface area contributed by atoms with Gasteiger partial charge in [0.25, 0.3) is 0 Å². The highest BCUT2D eigenvalue weighted by Gasteiger charge is 2.29. The fourth-order valence-electron chi connectivity index (χ4n) is 3.61. The summed E-state index contributed by atoms with van der Waals surface area (Å²) in [7, 11) is 0. The molecular weight excluding hydrogens is 363 g/mol. The Kier molecular flexibility index (Phi) is 5.16. The predicted molar refractivity (Wildman–Crippen MR) is 108 cm³/mol. The molecule has 2 heterocycles. The van der Waals surface area contributed by atoms with Crippen molar-refractivity contribution in [2.24, 2.45) is 0 Å². The molecule has 0 aromatic heterocycles. The summed E-state index contributed by atoms with van der Waals surface area (Å²) in [6.07, 6.45) is 2.97. The summed E-state index contributed by atoms with van der Waals surface area (Å²) in [5, 5.41) is 3.80. The van der Waals surface area contributed by atoms with Gasteiger partial charge >= 0.3 is 0 Å². The maximum Gasteiger partial charge on any atom is 0.173 e. The number of likely N-dealkylation sites (tertiary alicyclic amines) is 1. The SMILES string of the molecule is Cc1ccc(NC(=S)N2CCC[C@@H]2c2ccc3c(c2)OCCCO3)cc1F. The molecule has 0 aliphatic carbocycles. The zero-order chi connectivity index (χ0) is 18.8. The van der Waals surface area contributed by atoms with Crippen LogP contribution >= 0.6 is 12.2 Å². The quantitative estimate of drug-likeness (QED) is 0.748. The minimum atomic E-state index is -0.233. The van der Waals surface area contributed by atoms with E-state index in [1.54, 1.807) is 13.0 Å². The van der Waals surface area contributed by atoms with Gasteiger partial charge in [0.1, 0.15) is 5.82 Å². The third kappa shape index (κ3) is 3.86. The van der Waals surface area contributed by atoms with Crippen LogP contribution in [0.1, 0.15) is 36.4 Å². The number of fused-ring (bicyclic) bond motifs is 1. The van der Waals surface area contributed by atoms with Crippen LogP contribution in [0.4, 0.5) is 10.1 Å². The van der Waals surface area contributed by atoms with E-state index in [1.807, 2.05) is 12.1 Å². The van der Waals surface area contributed by atoms with E-state index < -0.39 is 0 Å². The van der Waals surface area contributed by atoms with E-state index in [0.29, 0.717) is 29.6 Å². The number of thiocarbonyl (C=S) groups is 1. The Morgan fingerprint density at radius 3 is 2.74 bits per heavy atom.